The second kappa shape index (κ2) is 8.31. The lowest BCUT2D eigenvalue weighted by Gasteiger charge is -2.13. The summed E-state index contributed by atoms with van der Waals surface area (Å²) in [6, 6.07) is 12.0. The normalized spacial score (nSPS) is 14.6. The number of benzene rings is 1. The number of aryl methyl sites for hydroxylation is 1. The van der Waals surface area contributed by atoms with Crippen molar-refractivity contribution < 1.29 is 9.21 Å². The van der Waals surface area contributed by atoms with Gasteiger partial charge in [-0.15, -0.1) is 23.1 Å². The smallest absolute Gasteiger partial charge is 0.236 e. The molecule has 1 aliphatic rings. The molecule has 0 saturated heterocycles. The van der Waals surface area contributed by atoms with Gasteiger partial charge >= 0.3 is 0 Å². The van der Waals surface area contributed by atoms with Crippen LogP contribution in [0.4, 0.5) is 5.69 Å². The first-order valence-corrected chi connectivity index (χ1v) is 11.0. The number of rotatable bonds is 6. The Labute approximate surface area is 167 Å². The monoisotopic (exact) mass is 398 g/mol. The molecule has 0 radical (unpaired) electrons. The van der Waals surface area contributed by atoms with Crippen molar-refractivity contribution in [1.29, 1.82) is 0 Å². The molecule has 1 N–H and O–H groups in total. The van der Waals surface area contributed by atoms with Crippen LogP contribution in [0.1, 0.15) is 37.1 Å². The average molecular weight is 399 g/mol. The molecule has 6 heteroatoms. The van der Waals surface area contributed by atoms with Crippen LogP contribution < -0.4 is 5.32 Å². The summed E-state index contributed by atoms with van der Waals surface area (Å²) >= 11 is 3.46. The van der Waals surface area contributed by atoms with E-state index in [0.717, 1.165) is 15.5 Å². The zero-order valence-corrected chi connectivity index (χ0v) is 16.9. The van der Waals surface area contributed by atoms with Gasteiger partial charge in [-0.25, -0.2) is 4.98 Å². The van der Waals surface area contributed by atoms with E-state index in [4.69, 9.17) is 4.42 Å². The highest BCUT2D eigenvalue weighted by atomic mass is 32.2. The fourth-order valence-electron chi connectivity index (χ4n) is 3.30. The molecule has 2 aromatic heterocycles. The Morgan fingerprint density at radius 3 is 2.85 bits per heavy atom. The number of nitrogens with zero attached hydrogens (tertiary/aromatic N) is 1. The number of para-hydroxylation sites is 1. The van der Waals surface area contributed by atoms with Crippen molar-refractivity contribution in [3.05, 3.63) is 53.2 Å². The number of aromatic nitrogens is 1. The van der Waals surface area contributed by atoms with Crippen LogP contribution in [0.15, 0.2) is 51.1 Å². The fraction of sp³-hybridized carbons (Fsp3) is 0.333. The second-order valence-electron chi connectivity index (χ2n) is 6.74. The van der Waals surface area contributed by atoms with Gasteiger partial charge in [0.05, 0.1) is 22.7 Å². The van der Waals surface area contributed by atoms with E-state index in [1.165, 1.54) is 25.7 Å². The van der Waals surface area contributed by atoms with E-state index in [0.29, 0.717) is 22.6 Å². The molecule has 0 aliphatic heterocycles. The molecule has 0 atom stereocenters. The highest BCUT2D eigenvalue weighted by Crippen LogP contribution is 2.38. The number of anilines is 1. The van der Waals surface area contributed by atoms with Crippen molar-refractivity contribution in [3.63, 3.8) is 0 Å². The Hall–Kier alpha value is -2.05. The number of oxazole rings is 1. The van der Waals surface area contributed by atoms with Gasteiger partial charge in [-0.05, 0) is 43.3 Å². The van der Waals surface area contributed by atoms with Crippen LogP contribution in [0.2, 0.25) is 0 Å². The number of thioether (sulfide) groups is 1. The highest BCUT2D eigenvalue weighted by molar-refractivity contribution is 8.00. The highest BCUT2D eigenvalue weighted by Gasteiger charge is 2.19. The van der Waals surface area contributed by atoms with Crippen molar-refractivity contribution in [2.45, 2.75) is 49.2 Å². The molecule has 1 aliphatic carbocycles. The van der Waals surface area contributed by atoms with Crippen LogP contribution in [0, 0.1) is 6.92 Å². The molecule has 140 valence electrons. The van der Waals surface area contributed by atoms with Crippen LogP contribution in [0.25, 0.3) is 10.8 Å². The number of hydrogen-bond acceptors (Lipinski definition) is 5. The summed E-state index contributed by atoms with van der Waals surface area (Å²) in [7, 11) is 0. The minimum atomic E-state index is -0.0661. The predicted molar refractivity (Wildman–Crippen MR) is 111 cm³/mol. The van der Waals surface area contributed by atoms with Crippen LogP contribution in [0.3, 0.4) is 0 Å². The molecule has 0 bridgehead atoms. The molecular formula is C21H22N2O2S2. The minimum Gasteiger partial charge on any atom is -0.440 e. The zero-order chi connectivity index (χ0) is 18.6. The molecule has 4 nitrogen and oxygen atoms in total. The number of thiophene rings is 1. The van der Waals surface area contributed by atoms with E-state index in [2.05, 4.69) is 16.4 Å². The third-order valence-electron chi connectivity index (χ3n) is 4.71. The van der Waals surface area contributed by atoms with Crippen LogP contribution in [-0.4, -0.2) is 16.1 Å². The Balaban J connectivity index is 1.44. The summed E-state index contributed by atoms with van der Waals surface area (Å²) in [5, 5.41) is 5.71. The van der Waals surface area contributed by atoms with Gasteiger partial charge in [0.15, 0.2) is 0 Å². The van der Waals surface area contributed by atoms with Gasteiger partial charge in [-0.3, -0.25) is 4.79 Å². The lowest BCUT2D eigenvalue weighted by Crippen LogP contribution is -2.16. The van der Waals surface area contributed by atoms with E-state index >= 15 is 0 Å². The first kappa shape index (κ1) is 18.3. The van der Waals surface area contributed by atoms with Gasteiger partial charge in [-0.2, -0.15) is 0 Å². The Kier molecular flexibility index (Phi) is 5.64. The molecule has 1 fully saturated rings. The molecule has 4 rings (SSSR count). The van der Waals surface area contributed by atoms with E-state index in [1.807, 2.05) is 54.4 Å². The number of hydrogen-bond donors (Lipinski definition) is 1. The maximum Gasteiger partial charge on any atom is 0.236 e. The van der Waals surface area contributed by atoms with Gasteiger partial charge in [0.2, 0.25) is 11.8 Å². The summed E-state index contributed by atoms with van der Waals surface area (Å²) in [5.41, 5.74) is 1.58. The number of carbonyl (C=O) groups excluding carboxylic acids is 1. The summed E-state index contributed by atoms with van der Waals surface area (Å²) in [5.74, 6) is 1.22. The number of nitrogens with one attached hydrogen (secondary N) is 1. The molecule has 2 heterocycles. The lowest BCUT2D eigenvalue weighted by molar-refractivity contribution is -0.115. The molecule has 1 saturated carbocycles. The molecular weight excluding hydrogens is 376 g/mol. The van der Waals surface area contributed by atoms with Gasteiger partial charge < -0.3 is 9.73 Å². The fourth-order valence-corrected chi connectivity index (χ4v) is 5.28. The summed E-state index contributed by atoms with van der Waals surface area (Å²) in [4.78, 5) is 19.3. The summed E-state index contributed by atoms with van der Waals surface area (Å²) < 4.78 is 5.74. The van der Waals surface area contributed by atoms with Gasteiger partial charge in [0, 0.05) is 10.1 Å². The number of amides is 1. The maximum atomic E-state index is 12.6. The number of carbonyl (C=O) groups is 1. The van der Waals surface area contributed by atoms with E-state index in [-0.39, 0.29) is 12.3 Å². The standard InChI is InChI=1S/C21H22N2O2S2/c1-14-17(23-21(25-14)19-11-6-12-26-19)13-20(24)22-16-9-4-5-10-18(16)27-15-7-2-3-8-15/h4-6,9-12,15H,2-3,7-8,13H2,1H3,(H,22,24). The zero-order valence-electron chi connectivity index (χ0n) is 15.2. The van der Waals surface area contributed by atoms with Gasteiger partial charge in [0.1, 0.15) is 5.76 Å². The minimum absolute atomic E-state index is 0.0661. The largest absolute Gasteiger partial charge is 0.440 e. The maximum absolute atomic E-state index is 12.6. The Morgan fingerprint density at radius 1 is 1.26 bits per heavy atom. The molecule has 3 aromatic rings. The average Bonchev–Trinajstić information content (AvgIpc) is 3.40. The predicted octanol–water partition coefficient (Wildman–Crippen LogP) is 5.93. The molecule has 1 amide bonds. The van der Waals surface area contributed by atoms with Gasteiger partial charge in [0.25, 0.3) is 0 Å². The van der Waals surface area contributed by atoms with Crippen molar-refractivity contribution in [2.24, 2.45) is 0 Å². The first-order chi connectivity index (χ1) is 13.2. The second-order valence-corrected chi connectivity index (χ2v) is 9.03. The van der Waals surface area contributed by atoms with Crippen molar-refractivity contribution in [1.82, 2.24) is 4.98 Å². The Morgan fingerprint density at radius 2 is 2.07 bits per heavy atom. The molecule has 1 aromatic carbocycles. The molecule has 27 heavy (non-hydrogen) atoms. The van der Waals surface area contributed by atoms with E-state index < -0.39 is 0 Å². The quantitative estimate of drug-likeness (QED) is 0.559. The van der Waals surface area contributed by atoms with Gasteiger partial charge in [-0.1, -0.05) is 31.0 Å². The first-order valence-electron chi connectivity index (χ1n) is 9.25. The van der Waals surface area contributed by atoms with E-state index in [9.17, 15) is 4.79 Å². The Bertz CT molecular complexity index is 912. The summed E-state index contributed by atoms with van der Waals surface area (Å²) in [6.45, 7) is 1.86. The van der Waals surface area contributed by atoms with Crippen molar-refractivity contribution >= 4 is 34.7 Å². The van der Waals surface area contributed by atoms with Crippen LogP contribution in [-0.2, 0) is 11.2 Å². The lowest BCUT2D eigenvalue weighted by atomic mass is 10.2. The molecule has 0 spiro atoms. The van der Waals surface area contributed by atoms with Crippen LogP contribution >= 0.6 is 23.1 Å². The molecule has 0 unspecified atom stereocenters. The van der Waals surface area contributed by atoms with Crippen LogP contribution in [0.5, 0.6) is 0 Å². The van der Waals surface area contributed by atoms with E-state index in [1.54, 1.807) is 11.3 Å². The summed E-state index contributed by atoms with van der Waals surface area (Å²) in [6.07, 6.45) is 5.35. The third kappa shape index (κ3) is 4.45. The van der Waals surface area contributed by atoms with Crippen molar-refractivity contribution in [2.75, 3.05) is 5.32 Å². The SMILES string of the molecule is Cc1oc(-c2cccs2)nc1CC(=O)Nc1ccccc1SC1CCCC1. The third-order valence-corrected chi connectivity index (χ3v) is 6.98. The van der Waals surface area contributed by atoms with Crippen molar-refractivity contribution in [3.8, 4) is 10.8 Å². The topological polar surface area (TPSA) is 55.1 Å².